The third kappa shape index (κ3) is 3.19. The molecule has 0 radical (unpaired) electrons. The number of aromatic carboxylic acids is 1. The fourth-order valence-corrected chi connectivity index (χ4v) is 4.72. The predicted molar refractivity (Wildman–Crippen MR) is 118 cm³/mol. The van der Waals surface area contributed by atoms with Crippen LogP contribution in [0.25, 0.3) is 5.95 Å². The molecule has 2 N–H and O–H groups in total. The number of aryl methyl sites for hydroxylation is 3. The number of carboxylic acids is 1. The molecule has 5 rings (SSSR count). The lowest BCUT2D eigenvalue weighted by atomic mass is 9.76. The van der Waals surface area contributed by atoms with Crippen molar-refractivity contribution >= 4 is 17.6 Å². The maximum absolute atomic E-state index is 13.0. The zero-order chi connectivity index (χ0) is 22.6. The molecule has 3 heterocycles. The number of nitrogens with zero attached hydrogens (tertiary/aromatic N) is 4. The molecule has 2 aliphatic rings. The highest BCUT2D eigenvalue weighted by Crippen LogP contribution is 2.47. The van der Waals surface area contributed by atoms with E-state index in [-0.39, 0.29) is 17.3 Å². The van der Waals surface area contributed by atoms with E-state index >= 15 is 0 Å². The van der Waals surface area contributed by atoms with Crippen LogP contribution in [0.5, 0.6) is 0 Å². The molecule has 1 aliphatic carbocycles. The van der Waals surface area contributed by atoms with Gasteiger partial charge in [-0.15, -0.1) is 0 Å². The van der Waals surface area contributed by atoms with Crippen LogP contribution in [0.1, 0.15) is 63.7 Å². The van der Waals surface area contributed by atoms with Crippen LogP contribution in [-0.2, 0) is 4.79 Å². The van der Waals surface area contributed by atoms with E-state index < -0.39 is 5.97 Å². The Balaban J connectivity index is 1.73. The van der Waals surface area contributed by atoms with Crippen LogP contribution in [0.2, 0.25) is 0 Å². The highest BCUT2D eigenvalue weighted by molar-refractivity contribution is 6.01. The Hall–Kier alpha value is -3.81. The van der Waals surface area contributed by atoms with Gasteiger partial charge in [0.25, 0.3) is 5.95 Å². The molecule has 0 fully saturated rings. The zero-order valence-electron chi connectivity index (χ0n) is 18.1. The number of rotatable bonds is 3. The van der Waals surface area contributed by atoms with E-state index in [1.54, 1.807) is 28.9 Å². The average Bonchev–Trinajstić information content (AvgIpc) is 3.08. The van der Waals surface area contributed by atoms with Gasteiger partial charge in [-0.3, -0.25) is 4.79 Å². The molecule has 0 bridgehead atoms. The van der Waals surface area contributed by atoms with Crippen molar-refractivity contribution in [1.82, 2.24) is 19.7 Å². The smallest absolute Gasteiger partial charge is 0.335 e. The van der Waals surface area contributed by atoms with Crippen LogP contribution in [0.3, 0.4) is 0 Å². The summed E-state index contributed by atoms with van der Waals surface area (Å²) in [7, 11) is 0. The molecule has 0 saturated carbocycles. The van der Waals surface area contributed by atoms with Crippen molar-refractivity contribution in [3.05, 3.63) is 75.4 Å². The fraction of sp³-hybridized carbons (Fsp3) is 0.292. The molecular weight excluding hydrogens is 406 g/mol. The number of Topliss-reactive ketones (excluding diaryl/α,β-unsaturated/α-hetero) is 1. The van der Waals surface area contributed by atoms with Crippen molar-refractivity contribution in [3.8, 4) is 5.95 Å². The van der Waals surface area contributed by atoms with Gasteiger partial charge in [-0.25, -0.2) is 14.8 Å². The molecule has 0 spiro atoms. The number of ketones is 1. The summed E-state index contributed by atoms with van der Waals surface area (Å²) in [5.74, 6) is 0.0500. The van der Waals surface area contributed by atoms with Crippen molar-refractivity contribution in [2.75, 3.05) is 5.32 Å². The maximum atomic E-state index is 13.0. The molecule has 162 valence electrons. The van der Waals surface area contributed by atoms with Gasteiger partial charge in [-0.05, 0) is 57.4 Å². The predicted octanol–water partition coefficient (Wildman–Crippen LogP) is 3.85. The van der Waals surface area contributed by atoms with Crippen LogP contribution >= 0.6 is 0 Å². The molecule has 1 aromatic carbocycles. The first-order valence-corrected chi connectivity index (χ1v) is 10.6. The SMILES string of the molecule is Cc1cc(C)nc(-n2nc(C)c3c2NC2=C(C(=O)CCC2)[C@@H]3c2ccc(C(=O)O)cc2)n1. The van der Waals surface area contributed by atoms with Gasteiger partial charge in [-0.2, -0.15) is 9.78 Å². The first-order valence-electron chi connectivity index (χ1n) is 10.6. The number of nitrogens with one attached hydrogen (secondary N) is 1. The Morgan fingerprint density at radius 3 is 2.44 bits per heavy atom. The number of hydrogen-bond acceptors (Lipinski definition) is 6. The monoisotopic (exact) mass is 429 g/mol. The number of allylic oxidation sites excluding steroid dienone is 2. The minimum absolute atomic E-state index is 0.117. The highest BCUT2D eigenvalue weighted by Gasteiger charge is 2.39. The van der Waals surface area contributed by atoms with Gasteiger partial charge in [0.05, 0.1) is 11.3 Å². The average molecular weight is 429 g/mol. The van der Waals surface area contributed by atoms with Crippen molar-refractivity contribution in [2.45, 2.75) is 46.0 Å². The van der Waals surface area contributed by atoms with Crippen LogP contribution < -0.4 is 5.32 Å². The third-order valence-electron chi connectivity index (χ3n) is 6.06. The third-order valence-corrected chi connectivity index (χ3v) is 6.06. The Morgan fingerprint density at radius 2 is 1.78 bits per heavy atom. The molecule has 2 aromatic heterocycles. The molecular formula is C24H23N5O3. The van der Waals surface area contributed by atoms with Gasteiger partial charge in [0.15, 0.2) is 5.78 Å². The molecule has 0 amide bonds. The van der Waals surface area contributed by atoms with Crippen molar-refractivity contribution in [3.63, 3.8) is 0 Å². The molecule has 8 heteroatoms. The van der Waals surface area contributed by atoms with Gasteiger partial charge < -0.3 is 10.4 Å². The minimum Gasteiger partial charge on any atom is -0.478 e. The van der Waals surface area contributed by atoms with Crippen molar-refractivity contribution in [2.24, 2.45) is 0 Å². The van der Waals surface area contributed by atoms with Crippen LogP contribution in [0, 0.1) is 20.8 Å². The number of fused-ring (bicyclic) bond motifs is 1. The highest BCUT2D eigenvalue weighted by atomic mass is 16.4. The second-order valence-corrected chi connectivity index (χ2v) is 8.36. The van der Waals surface area contributed by atoms with E-state index in [1.165, 1.54) is 0 Å². The summed E-state index contributed by atoms with van der Waals surface area (Å²) in [6.07, 6.45) is 2.06. The number of aromatic nitrogens is 4. The summed E-state index contributed by atoms with van der Waals surface area (Å²) < 4.78 is 1.71. The van der Waals surface area contributed by atoms with E-state index in [2.05, 4.69) is 15.3 Å². The topological polar surface area (TPSA) is 110 Å². The maximum Gasteiger partial charge on any atom is 0.335 e. The summed E-state index contributed by atoms with van der Waals surface area (Å²) >= 11 is 0. The molecule has 0 unspecified atom stereocenters. The molecule has 32 heavy (non-hydrogen) atoms. The Labute approximate surface area is 185 Å². The van der Waals surface area contributed by atoms with E-state index in [9.17, 15) is 14.7 Å². The molecule has 0 saturated heterocycles. The van der Waals surface area contributed by atoms with E-state index in [4.69, 9.17) is 5.10 Å². The van der Waals surface area contributed by atoms with Crippen molar-refractivity contribution < 1.29 is 14.7 Å². The summed E-state index contributed by atoms with van der Waals surface area (Å²) in [4.78, 5) is 33.5. The number of anilines is 1. The number of benzene rings is 1. The van der Waals surface area contributed by atoms with E-state index in [1.807, 2.05) is 26.8 Å². The summed E-state index contributed by atoms with van der Waals surface area (Å²) in [5.41, 5.74) is 6.07. The summed E-state index contributed by atoms with van der Waals surface area (Å²) in [5, 5.41) is 17.5. The number of carbonyl (C=O) groups is 2. The lowest BCUT2D eigenvalue weighted by Gasteiger charge is -2.32. The Morgan fingerprint density at radius 1 is 1.09 bits per heavy atom. The van der Waals surface area contributed by atoms with Gasteiger partial charge in [0.2, 0.25) is 0 Å². The minimum atomic E-state index is -0.979. The number of carboxylic acid groups (broad SMARTS) is 1. The lowest BCUT2D eigenvalue weighted by Crippen LogP contribution is -2.27. The van der Waals surface area contributed by atoms with Gasteiger partial charge in [0.1, 0.15) is 5.82 Å². The standard InChI is InChI=1S/C24H23N5O3/c1-12-11-13(2)26-24(25-12)29-22-19(14(3)28-29)20(15-7-9-16(10-8-15)23(31)32)21-17(27-22)5-4-6-18(21)30/h7-11,20,27H,4-6H2,1-3H3,(H,31,32)/t20-/m1/s1. The van der Waals surface area contributed by atoms with Gasteiger partial charge in [-0.1, -0.05) is 12.1 Å². The molecule has 1 atom stereocenters. The van der Waals surface area contributed by atoms with Gasteiger partial charge >= 0.3 is 5.97 Å². The fourth-order valence-electron chi connectivity index (χ4n) is 4.72. The van der Waals surface area contributed by atoms with Crippen LogP contribution in [0.15, 0.2) is 41.6 Å². The Bertz CT molecular complexity index is 1280. The van der Waals surface area contributed by atoms with Crippen molar-refractivity contribution in [1.29, 1.82) is 0 Å². The molecule has 3 aromatic rings. The zero-order valence-corrected chi connectivity index (χ0v) is 18.1. The quantitative estimate of drug-likeness (QED) is 0.651. The van der Waals surface area contributed by atoms with Gasteiger partial charge in [0, 0.05) is 40.6 Å². The summed E-state index contributed by atoms with van der Waals surface area (Å²) in [6, 6.07) is 8.66. The summed E-state index contributed by atoms with van der Waals surface area (Å²) in [6.45, 7) is 5.75. The molecule has 8 nitrogen and oxygen atoms in total. The van der Waals surface area contributed by atoms with E-state index in [0.29, 0.717) is 12.4 Å². The molecule has 1 aliphatic heterocycles. The largest absolute Gasteiger partial charge is 0.478 e. The number of carbonyl (C=O) groups excluding carboxylic acids is 1. The van der Waals surface area contributed by atoms with Crippen LogP contribution in [0.4, 0.5) is 5.82 Å². The lowest BCUT2D eigenvalue weighted by molar-refractivity contribution is -0.116. The Kier molecular flexibility index (Phi) is 4.65. The van der Waals surface area contributed by atoms with E-state index in [0.717, 1.165) is 58.1 Å². The normalized spacial score (nSPS) is 17.6. The second-order valence-electron chi connectivity index (χ2n) is 8.36. The van der Waals surface area contributed by atoms with Crippen LogP contribution in [-0.4, -0.2) is 36.6 Å². The first kappa shape index (κ1) is 20.1. The number of hydrogen-bond donors (Lipinski definition) is 2. The second kappa shape index (κ2) is 7.40. The first-order chi connectivity index (χ1) is 15.3.